The fourth-order valence-electron chi connectivity index (χ4n) is 3.09. The van der Waals surface area contributed by atoms with Gasteiger partial charge in [-0.05, 0) is 45.7 Å². The predicted octanol–water partition coefficient (Wildman–Crippen LogP) is 4.94. The second kappa shape index (κ2) is 13.1. The molecule has 2 aromatic carbocycles. The Kier molecular flexibility index (Phi) is 10.2. The van der Waals surface area contributed by atoms with E-state index in [0.29, 0.717) is 5.56 Å². The molecule has 2 aromatic rings. The number of hydrogen-bond acceptors (Lipinski definition) is 6. The van der Waals surface area contributed by atoms with Crippen molar-refractivity contribution in [2.45, 2.75) is 65.5 Å². The second-order valence-electron chi connectivity index (χ2n) is 8.20. The van der Waals surface area contributed by atoms with E-state index in [1.54, 1.807) is 46.8 Å². The summed E-state index contributed by atoms with van der Waals surface area (Å²) in [6.07, 6.45) is -3.10. The number of benzene rings is 2. The molecule has 0 saturated carbocycles. The third-order valence-corrected chi connectivity index (χ3v) is 4.62. The van der Waals surface area contributed by atoms with Gasteiger partial charge < -0.3 is 19.5 Å². The lowest BCUT2D eigenvalue weighted by atomic mass is 10.0. The van der Waals surface area contributed by atoms with E-state index < -0.39 is 42.6 Å². The molecule has 0 saturated heterocycles. The molecule has 2 atom stereocenters. The van der Waals surface area contributed by atoms with Crippen LogP contribution in [0.5, 0.6) is 0 Å². The van der Waals surface area contributed by atoms with Crippen LogP contribution in [0.15, 0.2) is 60.7 Å². The molecule has 0 aromatic heterocycles. The number of carbonyl (C=O) groups excluding carboxylic acids is 3. The Morgan fingerprint density at radius 1 is 0.794 bits per heavy atom. The topological polar surface area (TPSA) is 106 Å². The summed E-state index contributed by atoms with van der Waals surface area (Å²) >= 11 is 0. The van der Waals surface area contributed by atoms with Crippen LogP contribution < -0.4 is 10.7 Å². The molecular formula is C25H33N3O6. The van der Waals surface area contributed by atoms with E-state index in [1.807, 2.05) is 48.5 Å². The zero-order chi connectivity index (χ0) is 25.1. The van der Waals surface area contributed by atoms with Crippen LogP contribution in [-0.2, 0) is 20.8 Å². The lowest BCUT2D eigenvalue weighted by Crippen LogP contribution is -2.56. The van der Waals surface area contributed by atoms with E-state index in [9.17, 15) is 14.4 Å². The molecule has 0 aliphatic heterocycles. The van der Waals surface area contributed by atoms with Crippen LogP contribution in [0.2, 0.25) is 0 Å². The summed E-state index contributed by atoms with van der Waals surface area (Å²) in [7, 11) is 0. The maximum Gasteiger partial charge on any atom is 0.429 e. The van der Waals surface area contributed by atoms with Gasteiger partial charge in [-0.2, -0.15) is 0 Å². The fraction of sp³-hybridized carbons (Fsp3) is 0.400. The van der Waals surface area contributed by atoms with Gasteiger partial charge in [0.25, 0.3) is 0 Å². The Bertz CT molecular complexity index is 921. The summed E-state index contributed by atoms with van der Waals surface area (Å²) in [4.78, 5) is 37.8. The first-order valence-electron chi connectivity index (χ1n) is 11.2. The molecule has 34 heavy (non-hydrogen) atoms. The van der Waals surface area contributed by atoms with Crippen molar-refractivity contribution in [1.82, 2.24) is 15.8 Å². The van der Waals surface area contributed by atoms with Crippen molar-refractivity contribution in [2.24, 2.45) is 0 Å². The molecule has 0 bridgehead atoms. The number of ether oxygens (including phenoxy) is 3. The monoisotopic (exact) mass is 471 g/mol. The van der Waals surface area contributed by atoms with Gasteiger partial charge in [-0.3, -0.25) is 0 Å². The molecule has 184 valence electrons. The number of hydrazine groups is 1. The first kappa shape index (κ1) is 26.5. The molecule has 9 nitrogen and oxygen atoms in total. The summed E-state index contributed by atoms with van der Waals surface area (Å²) in [5, 5.41) is 3.82. The molecule has 0 aliphatic carbocycles. The summed E-state index contributed by atoms with van der Waals surface area (Å²) in [5.41, 5.74) is 3.98. The van der Waals surface area contributed by atoms with E-state index in [2.05, 4.69) is 10.7 Å². The van der Waals surface area contributed by atoms with Crippen molar-refractivity contribution < 1.29 is 28.6 Å². The molecule has 0 unspecified atom stereocenters. The van der Waals surface area contributed by atoms with Gasteiger partial charge in [0.1, 0.15) is 6.61 Å². The van der Waals surface area contributed by atoms with Gasteiger partial charge >= 0.3 is 18.3 Å². The van der Waals surface area contributed by atoms with Gasteiger partial charge in [-0.25, -0.2) is 24.8 Å². The highest BCUT2D eigenvalue weighted by Crippen LogP contribution is 2.22. The molecule has 0 fully saturated rings. The third-order valence-electron chi connectivity index (χ3n) is 4.62. The zero-order valence-electron chi connectivity index (χ0n) is 20.2. The maximum absolute atomic E-state index is 12.8. The number of carbonyl (C=O) groups is 3. The quantitative estimate of drug-likeness (QED) is 0.417. The van der Waals surface area contributed by atoms with Crippen LogP contribution in [0.25, 0.3) is 0 Å². The molecular weight excluding hydrogens is 438 g/mol. The van der Waals surface area contributed by atoms with E-state index in [0.717, 1.165) is 10.6 Å². The normalized spacial score (nSPS) is 12.4. The van der Waals surface area contributed by atoms with Crippen molar-refractivity contribution in [1.29, 1.82) is 0 Å². The summed E-state index contributed by atoms with van der Waals surface area (Å²) < 4.78 is 15.8. The average Bonchev–Trinajstić information content (AvgIpc) is 2.79. The van der Waals surface area contributed by atoms with Crippen molar-refractivity contribution in [3.8, 4) is 0 Å². The average molecular weight is 472 g/mol. The van der Waals surface area contributed by atoms with Gasteiger partial charge in [-0.15, -0.1) is 0 Å². The second-order valence-corrected chi connectivity index (χ2v) is 8.20. The number of nitrogens with zero attached hydrogens (tertiary/aromatic N) is 1. The van der Waals surface area contributed by atoms with Crippen LogP contribution in [0.1, 0.15) is 51.8 Å². The number of alkyl carbamates (subject to hydrolysis) is 1. The Labute approximate surface area is 200 Å². The minimum absolute atomic E-state index is 0.0840. The van der Waals surface area contributed by atoms with Crippen LogP contribution in [-0.4, -0.2) is 41.5 Å². The minimum atomic E-state index is -0.818. The van der Waals surface area contributed by atoms with Gasteiger partial charge in [0.2, 0.25) is 0 Å². The third kappa shape index (κ3) is 8.65. The van der Waals surface area contributed by atoms with Crippen molar-refractivity contribution in [2.75, 3.05) is 0 Å². The van der Waals surface area contributed by atoms with E-state index in [4.69, 9.17) is 14.2 Å². The lowest BCUT2D eigenvalue weighted by Gasteiger charge is -2.34. The molecule has 3 amide bonds. The smallest absolute Gasteiger partial charge is 0.429 e. The Balaban J connectivity index is 2.24. The highest BCUT2D eigenvalue weighted by Gasteiger charge is 2.33. The summed E-state index contributed by atoms with van der Waals surface area (Å²) in [5.74, 6) is 0. The van der Waals surface area contributed by atoms with Crippen LogP contribution in [0, 0.1) is 0 Å². The van der Waals surface area contributed by atoms with E-state index in [1.165, 1.54) is 0 Å². The van der Waals surface area contributed by atoms with Crippen molar-refractivity contribution in [3.63, 3.8) is 0 Å². The fourth-order valence-corrected chi connectivity index (χ4v) is 3.09. The van der Waals surface area contributed by atoms with Gasteiger partial charge in [-0.1, -0.05) is 60.7 Å². The van der Waals surface area contributed by atoms with Crippen molar-refractivity contribution in [3.05, 3.63) is 71.8 Å². The predicted molar refractivity (Wildman–Crippen MR) is 127 cm³/mol. The van der Waals surface area contributed by atoms with E-state index >= 15 is 0 Å². The zero-order valence-corrected chi connectivity index (χ0v) is 20.2. The highest BCUT2D eigenvalue weighted by molar-refractivity contribution is 5.75. The number of rotatable bonds is 8. The van der Waals surface area contributed by atoms with Crippen LogP contribution in [0.3, 0.4) is 0 Å². The van der Waals surface area contributed by atoms with Gasteiger partial charge in [0, 0.05) is 0 Å². The number of nitrogens with one attached hydrogen (secondary N) is 2. The summed E-state index contributed by atoms with van der Waals surface area (Å²) in [6.45, 7) is 8.53. The van der Waals surface area contributed by atoms with Crippen molar-refractivity contribution >= 4 is 18.3 Å². The Morgan fingerprint density at radius 2 is 1.35 bits per heavy atom. The first-order valence-corrected chi connectivity index (χ1v) is 11.2. The lowest BCUT2D eigenvalue weighted by molar-refractivity contribution is 0.0267. The minimum Gasteiger partial charge on any atom is -0.446 e. The number of amides is 3. The molecule has 9 heteroatoms. The molecule has 0 heterocycles. The Morgan fingerprint density at radius 3 is 1.91 bits per heavy atom. The van der Waals surface area contributed by atoms with Gasteiger partial charge in [0.05, 0.1) is 24.3 Å². The first-order chi connectivity index (χ1) is 16.2. The maximum atomic E-state index is 12.8. The van der Waals surface area contributed by atoms with Gasteiger partial charge in [0.15, 0.2) is 0 Å². The molecule has 2 N–H and O–H groups in total. The SMILES string of the molecule is CC(C)OC(=O)NN(C(=O)OC(C)C)[C@H](C)[C@H](NC(=O)OCc1ccccc1)c1ccccc1. The van der Waals surface area contributed by atoms with Crippen LogP contribution in [0.4, 0.5) is 14.4 Å². The highest BCUT2D eigenvalue weighted by atomic mass is 16.6. The number of hydrogen-bond donors (Lipinski definition) is 2. The summed E-state index contributed by atoms with van der Waals surface area (Å²) in [6, 6.07) is 16.8. The molecule has 0 radical (unpaired) electrons. The molecule has 0 aliphatic rings. The largest absolute Gasteiger partial charge is 0.446 e. The molecule has 0 spiro atoms. The van der Waals surface area contributed by atoms with E-state index in [-0.39, 0.29) is 6.61 Å². The Hall–Kier alpha value is -3.75. The van der Waals surface area contributed by atoms with Crippen LogP contribution >= 0.6 is 0 Å². The standard InChI is InChI=1S/C25H33N3O6/c1-17(2)33-24(30)27-28(25(31)34-18(3)4)19(5)22(21-14-10-7-11-15-21)26-23(29)32-16-20-12-8-6-9-13-20/h6-15,17-19,22H,16H2,1-5H3,(H,26,29)(H,27,30)/t19-,22+/m1/s1. The molecule has 2 rings (SSSR count).